The van der Waals surface area contributed by atoms with Crippen molar-refractivity contribution in [1.82, 2.24) is 5.32 Å². The van der Waals surface area contributed by atoms with E-state index in [0.717, 1.165) is 73.3 Å². The number of amides is 1. The Bertz CT molecular complexity index is 758. The van der Waals surface area contributed by atoms with Crippen LogP contribution in [0.2, 0.25) is 0 Å². The van der Waals surface area contributed by atoms with Gasteiger partial charge >= 0.3 is 0 Å². The van der Waals surface area contributed by atoms with Gasteiger partial charge in [0.1, 0.15) is 0 Å². The fraction of sp³-hybridized carbons (Fsp3) is 0.571. The molecule has 144 valence electrons. The third-order valence-corrected chi connectivity index (χ3v) is 5.94. The molecule has 3 fully saturated rings. The molecule has 4 aliphatic rings. The Labute approximate surface area is 159 Å². The lowest BCUT2D eigenvalue weighted by Gasteiger charge is -2.31. The van der Waals surface area contributed by atoms with Gasteiger partial charge in [0, 0.05) is 43.6 Å². The summed E-state index contributed by atoms with van der Waals surface area (Å²) in [5, 5.41) is 6.94. The highest BCUT2D eigenvalue weighted by atomic mass is 16.5. The minimum Gasteiger partial charge on any atom is -0.385 e. The van der Waals surface area contributed by atoms with E-state index in [2.05, 4.69) is 28.8 Å². The van der Waals surface area contributed by atoms with Crippen LogP contribution >= 0.6 is 0 Å². The minimum absolute atomic E-state index is 0.101. The zero-order chi connectivity index (χ0) is 18.2. The molecular formula is C21H27N3O3. The molecule has 1 aromatic carbocycles. The van der Waals surface area contributed by atoms with E-state index in [1.807, 2.05) is 4.90 Å². The van der Waals surface area contributed by atoms with Gasteiger partial charge in [-0.25, -0.2) is 0 Å². The van der Waals surface area contributed by atoms with Crippen molar-refractivity contribution in [2.24, 2.45) is 5.92 Å². The largest absolute Gasteiger partial charge is 0.385 e. The van der Waals surface area contributed by atoms with Gasteiger partial charge in [0.15, 0.2) is 0 Å². The number of ether oxygens (including phenoxy) is 2. The van der Waals surface area contributed by atoms with Gasteiger partial charge in [-0.1, -0.05) is 0 Å². The zero-order valence-corrected chi connectivity index (χ0v) is 15.6. The molecule has 6 heteroatoms. The molecule has 27 heavy (non-hydrogen) atoms. The van der Waals surface area contributed by atoms with E-state index in [1.165, 1.54) is 12.8 Å². The lowest BCUT2D eigenvalue weighted by molar-refractivity contribution is -0.113. The number of nitrogens with zero attached hydrogens (tertiary/aromatic N) is 1. The van der Waals surface area contributed by atoms with E-state index >= 15 is 0 Å². The number of carbonyl (C=O) groups is 1. The number of nitrogens with one attached hydrogen (secondary N) is 2. The van der Waals surface area contributed by atoms with Crippen LogP contribution in [0, 0.1) is 5.92 Å². The molecule has 0 radical (unpaired) electrons. The van der Waals surface area contributed by atoms with Crippen LogP contribution in [0.4, 0.5) is 11.4 Å². The molecule has 3 heterocycles. The van der Waals surface area contributed by atoms with Crippen LogP contribution < -0.4 is 15.5 Å². The van der Waals surface area contributed by atoms with Gasteiger partial charge < -0.3 is 25.0 Å². The Hall–Kier alpha value is -2.05. The fourth-order valence-electron chi connectivity index (χ4n) is 4.24. The van der Waals surface area contributed by atoms with Crippen LogP contribution in [0.1, 0.15) is 31.2 Å². The van der Waals surface area contributed by atoms with Gasteiger partial charge in [-0.2, -0.15) is 0 Å². The van der Waals surface area contributed by atoms with Crippen molar-refractivity contribution in [3.8, 4) is 0 Å². The van der Waals surface area contributed by atoms with Crippen LogP contribution in [0.25, 0.3) is 5.57 Å². The molecule has 0 spiro atoms. The lowest BCUT2D eigenvalue weighted by atomic mass is 10.0. The van der Waals surface area contributed by atoms with E-state index < -0.39 is 0 Å². The Morgan fingerprint density at radius 3 is 2.70 bits per heavy atom. The summed E-state index contributed by atoms with van der Waals surface area (Å²) in [5.41, 5.74) is 4.85. The average Bonchev–Trinajstić information content (AvgIpc) is 3.50. The van der Waals surface area contributed by atoms with Crippen LogP contribution in [0.15, 0.2) is 23.9 Å². The Morgan fingerprint density at radius 1 is 1.11 bits per heavy atom. The first-order chi connectivity index (χ1) is 13.3. The monoisotopic (exact) mass is 369 g/mol. The third kappa shape index (κ3) is 3.32. The average molecular weight is 369 g/mol. The van der Waals surface area contributed by atoms with Gasteiger partial charge in [0.25, 0.3) is 5.91 Å². The minimum atomic E-state index is 0.101. The van der Waals surface area contributed by atoms with Gasteiger partial charge in [0.05, 0.1) is 30.2 Å². The highest BCUT2D eigenvalue weighted by molar-refractivity contribution is 6.33. The van der Waals surface area contributed by atoms with Gasteiger partial charge in [-0.3, -0.25) is 4.79 Å². The van der Waals surface area contributed by atoms with Gasteiger partial charge in [-0.05, 0) is 49.8 Å². The summed E-state index contributed by atoms with van der Waals surface area (Å²) in [6, 6.07) is 6.57. The van der Waals surface area contributed by atoms with Crippen molar-refractivity contribution < 1.29 is 14.3 Å². The maximum atomic E-state index is 13.5. The standard InChI is InChI=1S/C21H27N3O3/c25-21-20(18-13-27-10-7-22-18)17-11-15(23-12-14-1-2-14)3-4-19(17)24(21)16-5-8-26-9-6-16/h3-4,11,14,16,22-23H,1-2,5-10,12-13H2/b20-18-. The molecule has 0 bridgehead atoms. The number of carbonyl (C=O) groups excluding carboxylic acids is 1. The first-order valence-corrected chi connectivity index (χ1v) is 10.2. The number of hydrogen-bond acceptors (Lipinski definition) is 5. The number of hydrogen-bond donors (Lipinski definition) is 2. The molecule has 0 aromatic heterocycles. The van der Waals surface area contributed by atoms with Crippen molar-refractivity contribution in [3.05, 3.63) is 29.5 Å². The van der Waals surface area contributed by atoms with Crippen molar-refractivity contribution in [1.29, 1.82) is 0 Å². The Kier molecular flexibility index (Phi) is 4.53. The van der Waals surface area contributed by atoms with Crippen molar-refractivity contribution >= 4 is 22.9 Å². The van der Waals surface area contributed by atoms with Crippen molar-refractivity contribution in [2.75, 3.05) is 49.7 Å². The van der Waals surface area contributed by atoms with Crippen LogP contribution in [0.5, 0.6) is 0 Å². The second kappa shape index (κ2) is 7.17. The Morgan fingerprint density at radius 2 is 1.96 bits per heavy atom. The van der Waals surface area contributed by atoms with Crippen molar-refractivity contribution in [2.45, 2.75) is 31.7 Å². The molecule has 5 rings (SSSR count). The van der Waals surface area contributed by atoms with E-state index in [4.69, 9.17) is 9.47 Å². The van der Waals surface area contributed by atoms with Gasteiger partial charge in [-0.15, -0.1) is 0 Å². The second-order valence-electron chi connectivity index (χ2n) is 7.91. The number of fused-ring (bicyclic) bond motifs is 1. The molecule has 1 amide bonds. The number of benzene rings is 1. The highest BCUT2D eigenvalue weighted by Crippen LogP contribution is 2.42. The summed E-state index contributed by atoms with van der Waals surface area (Å²) in [5.74, 6) is 0.911. The molecular weight excluding hydrogens is 342 g/mol. The first-order valence-electron chi connectivity index (χ1n) is 10.2. The lowest BCUT2D eigenvalue weighted by Crippen LogP contribution is -2.42. The maximum absolute atomic E-state index is 13.5. The van der Waals surface area contributed by atoms with Crippen LogP contribution in [0.3, 0.4) is 0 Å². The van der Waals surface area contributed by atoms with Crippen LogP contribution in [-0.4, -0.2) is 51.5 Å². The molecule has 2 N–H and O–H groups in total. The molecule has 6 nitrogen and oxygen atoms in total. The summed E-state index contributed by atoms with van der Waals surface area (Å²) in [6.07, 6.45) is 4.42. The predicted octanol–water partition coefficient (Wildman–Crippen LogP) is 2.37. The number of morpholine rings is 1. The summed E-state index contributed by atoms with van der Waals surface area (Å²) in [4.78, 5) is 15.5. The van der Waals surface area contributed by atoms with E-state index in [-0.39, 0.29) is 11.9 Å². The molecule has 0 unspecified atom stereocenters. The predicted molar refractivity (Wildman–Crippen MR) is 105 cm³/mol. The highest BCUT2D eigenvalue weighted by Gasteiger charge is 2.39. The number of anilines is 2. The molecule has 2 saturated heterocycles. The maximum Gasteiger partial charge on any atom is 0.261 e. The van der Waals surface area contributed by atoms with Gasteiger partial charge in [0.2, 0.25) is 0 Å². The molecule has 0 atom stereocenters. The van der Waals surface area contributed by atoms with Crippen molar-refractivity contribution in [3.63, 3.8) is 0 Å². The Balaban J connectivity index is 1.52. The number of rotatable bonds is 4. The summed E-state index contributed by atoms with van der Waals surface area (Å²) in [6.45, 7) is 4.37. The summed E-state index contributed by atoms with van der Waals surface area (Å²) < 4.78 is 11.1. The van der Waals surface area contributed by atoms with Crippen LogP contribution in [-0.2, 0) is 14.3 Å². The normalized spacial score (nSPS) is 26.1. The quantitative estimate of drug-likeness (QED) is 0.798. The third-order valence-electron chi connectivity index (χ3n) is 5.94. The summed E-state index contributed by atoms with van der Waals surface area (Å²) >= 11 is 0. The summed E-state index contributed by atoms with van der Waals surface area (Å²) in [7, 11) is 0. The first kappa shape index (κ1) is 17.1. The molecule has 3 aliphatic heterocycles. The fourth-order valence-corrected chi connectivity index (χ4v) is 4.24. The van der Waals surface area contributed by atoms with E-state index in [9.17, 15) is 4.79 Å². The molecule has 1 aromatic rings. The topological polar surface area (TPSA) is 62.8 Å². The van der Waals surface area contributed by atoms with E-state index in [1.54, 1.807) is 0 Å². The molecule has 1 aliphatic carbocycles. The smallest absolute Gasteiger partial charge is 0.261 e. The molecule has 1 saturated carbocycles. The SMILES string of the molecule is O=C1/C(=C2/COCCN2)c2cc(NCC3CC3)ccc2N1C1CCOCC1. The zero-order valence-electron chi connectivity index (χ0n) is 15.6. The van der Waals surface area contributed by atoms with E-state index in [0.29, 0.717) is 13.2 Å². The second-order valence-corrected chi connectivity index (χ2v) is 7.91.